The summed E-state index contributed by atoms with van der Waals surface area (Å²) in [6, 6.07) is 6.71. The van der Waals surface area contributed by atoms with E-state index in [-0.39, 0.29) is 0 Å². The molecule has 1 aliphatic heterocycles. The van der Waals surface area contributed by atoms with E-state index in [1.54, 1.807) is 0 Å². The number of anilines is 2. The van der Waals surface area contributed by atoms with Crippen molar-refractivity contribution in [2.24, 2.45) is 0 Å². The van der Waals surface area contributed by atoms with Gasteiger partial charge in [-0.05, 0) is 60.6 Å². The molecule has 0 saturated carbocycles. The zero-order valence-electron chi connectivity index (χ0n) is 12.5. The summed E-state index contributed by atoms with van der Waals surface area (Å²) in [5, 5.41) is 1.01. The molecular weight excluding hydrogens is 328 g/mol. The van der Waals surface area contributed by atoms with Crippen LogP contribution in [-0.2, 0) is 0 Å². The average Bonchev–Trinajstić information content (AvgIpc) is 2.85. The first-order valence-corrected chi connectivity index (χ1v) is 8.10. The molecule has 1 unspecified atom stereocenters. The van der Waals surface area contributed by atoms with Crippen LogP contribution in [0.2, 0.25) is 0 Å². The molecule has 0 aliphatic carbocycles. The molecule has 21 heavy (non-hydrogen) atoms. The number of nitrogen functional groups attached to an aromatic ring is 1. The first-order valence-electron chi connectivity index (χ1n) is 7.31. The SMILES string of the molecule is CN(CC1CCCN1C)c1ccc(N)c2cc(Br)cnc12. The molecule has 0 radical (unpaired) electrons. The highest BCUT2D eigenvalue weighted by atomic mass is 79.9. The molecule has 1 aromatic carbocycles. The molecule has 2 heterocycles. The smallest absolute Gasteiger partial charge is 0.0956 e. The summed E-state index contributed by atoms with van der Waals surface area (Å²) in [4.78, 5) is 9.32. The third kappa shape index (κ3) is 2.85. The highest BCUT2D eigenvalue weighted by Gasteiger charge is 2.23. The average molecular weight is 349 g/mol. The first kappa shape index (κ1) is 14.6. The molecule has 5 heteroatoms. The highest BCUT2D eigenvalue weighted by molar-refractivity contribution is 9.10. The van der Waals surface area contributed by atoms with Crippen molar-refractivity contribution in [3.05, 3.63) is 28.9 Å². The number of fused-ring (bicyclic) bond motifs is 1. The lowest BCUT2D eigenvalue weighted by atomic mass is 10.1. The summed E-state index contributed by atoms with van der Waals surface area (Å²) < 4.78 is 0.956. The molecule has 1 fully saturated rings. The predicted octanol–water partition coefficient (Wildman–Crippen LogP) is 3.11. The number of hydrogen-bond donors (Lipinski definition) is 1. The number of nitrogens with two attached hydrogens (primary N) is 1. The fraction of sp³-hybridized carbons (Fsp3) is 0.438. The number of benzene rings is 1. The van der Waals surface area contributed by atoms with Crippen molar-refractivity contribution in [2.45, 2.75) is 18.9 Å². The van der Waals surface area contributed by atoms with Gasteiger partial charge in [0.05, 0.1) is 11.2 Å². The molecule has 112 valence electrons. The van der Waals surface area contributed by atoms with Crippen LogP contribution in [0.5, 0.6) is 0 Å². The van der Waals surface area contributed by atoms with Gasteiger partial charge in [0.1, 0.15) is 0 Å². The number of halogens is 1. The van der Waals surface area contributed by atoms with E-state index in [1.807, 2.05) is 18.3 Å². The quantitative estimate of drug-likeness (QED) is 0.865. The first-order chi connectivity index (χ1) is 10.1. The minimum Gasteiger partial charge on any atom is -0.398 e. The number of rotatable bonds is 3. The summed E-state index contributed by atoms with van der Waals surface area (Å²) >= 11 is 3.47. The standard InChI is InChI=1S/C16H21BrN4/c1-20-7-3-4-12(20)10-21(2)15-6-5-14(18)13-8-11(17)9-19-16(13)15/h5-6,8-9,12H,3-4,7,10,18H2,1-2H3. The molecule has 3 rings (SSSR count). The molecule has 0 bridgehead atoms. The van der Waals surface area contributed by atoms with Crippen LogP contribution in [0.3, 0.4) is 0 Å². The van der Waals surface area contributed by atoms with Crippen LogP contribution < -0.4 is 10.6 Å². The molecule has 2 N–H and O–H groups in total. The van der Waals surface area contributed by atoms with E-state index in [9.17, 15) is 0 Å². The van der Waals surface area contributed by atoms with Gasteiger partial charge < -0.3 is 15.5 Å². The van der Waals surface area contributed by atoms with Gasteiger partial charge in [-0.25, -0.2) is 0 Å². The Hall–Kier alpha value is -1.33. The van der Waals surface area contributed by atoms with Gasteiger partial charge in [-0.15, -0.1) is 0 Å². The molecule has 4 nitrogen and oxygen atoms in total. The molecule has 1 saturated heterocycles. The van der Waals surface area contributed by atoms with Crippen molar-refractivity contribution in [3.63, 3.8) is 0 Å². The van der Waals surface area contributed by atoms with Crippen molar-refractivity contribution in [1.82, 2.24) is 9.88 Å². The second kappa shape index (κ2) is 5.81. The summed E-state index contributed by atoms with van der Waals surface area (Å²) in [6.45, 7) is 2.22. The van der Waals surface area contributed by atoms with E-state index in [0.29, 0.717) is 6.04 Å². The van der Waals surface area contributed by atoms with Crippen LogP contribution in [0.15, 0.2) is 28.9 Å². The number of pyridine rings is 1. The Kier molecular flexibility index (Phi) is 4.04. The number of aromatic nitrogens is 1. The van der Waals surface area contributed by atoms with Gasteiger partial charge in [0.2, 0.25) is 0 Å². The Bertz CT molecular complexity index is 658. The monoisotopic (exact) mass is 348 g/mol. The van der Waals surface area contributed by atoms with Gasteiger partial charge in [-0.1, -0.05) is 0 Å². The highest BCUT2D eigenvalue weighted by Crippen LogP contribution is 2.31. The van der Waals surface area contributed by atoms with E-state index >= 15 is 0 Å². The van der Waals surface area contributed by atoms with Gasteiger partial charge in [0.25, 0.3) is 0 Å². The largest absolute Gasteiger partial charge is 0.398 e. The normalized spacial score (nSPS) is 19.3. The van der Waals surface area contributed by atoms with Crippen molar-refractivity contribution in [2.75, 3.05) is 37.8 Å². The Balaban J connectivity index is 1.94. The van der Waals surface area contributed by atoms with Gasteiger partial charge in [0.15, 0.2) is 0 Å². The van der Waals surface area contributed by atoms with E-state index in [1.165, 1.54) is 19.4 Å². The second-order valence-corrected chi connectivity index (χ2v) is 6.80. The fourth-order valence-electron chi connectivity index (χ4n) is 3.13. The number of nitrogens with zero attached hydrogens (tertiary/aromatic N) is 3. The molecular formula is C16H21BrN4. The van der Waals surface area contributed by atoms with Crippen LogP contribution in [0, 0.1) is 0 Å². The second-order valence-electron chi connectivity index (χ2n) is 5.88. The molecule has 0 amide bonds. The van der Waals surface area contributed by atoms with Gasteiger partial charge >= 0.3 is 0 Å². The molecule has 0 spiro atoms. The fourth-order valence-corrected chi connectivity index (χ4v) is 3.46. The molecule has 1 atom stereocenters. The minimum absolute atomic E-state index is 0.623. The number of likely N-dealkylation sites (tertiary alicyclic amines) is 1. The van der Waals surface area contributed by atoms with Crippen molar-refractivity contribution >= 4 is 38.2 Å². The third-order valence-corrected chi connectivity index (χ3v) is 4.83. The van der Waals surface area contributed by atoms with Crippen molar-refractivity contribution in [3.8, 4) is 0 Å². The summed E-state index contributed by atoms with van der Waals surface area (Å²) in [7, 11) is 4.35. The zero-order chi connectivity index (χ0) is 15.0. The van der Waals surface area contributed by atoms with Crippen molar-refractivity contribution < 1.29 is 0 Å². The van der Waals surface area contributed by atoms with E-state index in [4.69, 9.17) is 5.73 Å². The van der Waals surface area contributed by atoms with E-state index in [0.717, 1.165) is 33.3 Å². The summed E-state index contributed by atoms with van der Waals surface area (Å²) in [6.07, 6.45) is 4.40. The Labute approximate surface area is 134 Å². The predicted molar refractivity (Wildman–Crippen MR) is 92.8 cm³/mol. The summed E-state index contributed by atoms with van der Waals surface area (Å²) in [5.41, 5.74) is 8.98. The lowest BCUT2D eigenvalue weighted by molar-refractivity contribution is 0.314. The van der Waals surface area contributed by atoms with Crippen LogP contribution in [0.25, 0.3) is 10.9 Å². The minimum atomic E-state index is 0.623. The molecule has 2 aromatic rings. The van der Waals surface area contributed by atoms with Crippen LogP contribution in [0.1, 0.15) is 12.8 Å². The maximum atomic E-state index is 6.09. The van der Waals surface area contributed by atoms with E-state index < -0.39 is 0 Å². The topological polar surface area (TPSA) is 45.4 Å². The Morgan fingerprint density at radius 3 is 3.00 bits per heavy atom. The van der Waals surface area contributed by atoms with Crippen LogP contribution >= 0.6 is 15.9 Å². The van der Waals surface area contributed by atoms with Crippen LogP contribution in [-0.4, -0.2) is 43.1 Å². The van der Waals surface area contributed by atoms with Gasteiger partial charge in [-0.3, -0.25) is 4.98 Å². The lowest BCUT2D eigenvalue weighted by Gasteiger charge is -2.28. The van der Waals surface area contributed by atoms with Crippen molar-refractivity contribution in [1.29, 1.82) is 0 Å². The number of hydrogen-bond acceptors (Lipinski definition) is 4. The van der Waals surface area contributed by atoms with Gasteiger partial charge in [0, 0.05) is 41.4 Å². The molecule has 1 aromatic heterocycles. The maximum absolute atomic E-state index is 6.09. The zero-order valence-corrected chi connectivity index (χ0v) is 14.1. The Morgan fingerprint density at radius 2 is 2.29 bits per heavy atom. The lowest BCUT2D eigenvalue weighted by Crippen LogP contribution is -2.36. The van der Waals surface area contributed by atoms with E-state index in [2.05, 4.69) is 50.9 Å². The maximum Gasteiger partial charge on any atom is 0.0956 e. The van der Waals surface area contributed by atoms with Gasteiger partial charge in [-0.2, -0.15) is 0 Å². The summed E-state index contributed by atoms with van der Waals surface area (Å²) in [5.74, 6) is 0. The third-order valence-electron chi connectivity index (χ3n) is 4.40. The van der Waals surface area contributed by atoms with Crippen LogP contribution in [0.4, 0.5) is 11.4 Å². The molecule has 1 aliphatic rings. The number of likely N-dealkylation sites (N-methyl/N-ethyl adjacent to an activating group) is 2. The Morgan fingerprint density at radius 1 is 1.48 bits per heavy atom.